The molecule has 3 aromatic rings. The summed E-state index contributed by atoms with van der Waals surface area (Å²) in [5, 5.41) is 0. The van der Waals surface area contributed by atoms with E-state index in [1.54, 1.807) is 24.3 Å². The third-order valence-corrected chi connectivity index (χ3v) is 4.11. The summed E-state index contributed by atoms with van der Waals surface area (Å²) >= 11 is 0. The summed E-state index contributed by atoms with van der Waals surface area (Å²) in [5.41, 5.74) is 1.61. The van der Waals surface area contributed by atoms with Crippen LogP contribution in [0.15, 0.2) is 78.9 Å². The topological polar surface area (TPSA) is 54.0 Å². The maximum Gasteiger partial charge on any atom is 0.387 e. The number of alkyl halides is 2. The van der Waals surface area contributed by atoms with Crippen molar-refractivity contribution < 1.29 is 32.5 Å². The number of carbonyl (C=O) groups is 1. The van der Waals surface area contributed by atoms with E-state index in [1.807, 2.05) is 30.3 Å². The van der Waals surface area contributed by atoms with E-state index in [1.165, 1.54) is 37.5 Å². The Labute approximate surface area is 178 Å². The molecule has 0 atom stereocenters. The fourth-order valence-corrected chi connectivity index (χ4v) is 2.64. The highest BCUT2D eigenvalue weighted by molar-refractivity contribution is 5.88. The standard InChI is InChI=1S/C24H20F2O5/c1-28-22-15-17(7-13-21(22)31-24(25)26)8-14-23(27)30-20-11-9-19(10-12-20)29-16-18-5-3-2-4-6-18/h2-15,24H,16H2,1H3. The lowest BCUT2D eigenvalue weighted by atomic mass is 10.2. The Hall–Kier alpha value is -3.87. The number of esters is 1. The number of halogens is 2. The van der Waals surface area contributed by atoms with Gasteiger partial charge in [0.15, 0.2) is 11.5 Å². The largest absolute Gasteiger partial charge is 0.493 e. The van der Waals surface area contributed by atoms with Crippen LogP contribution < -0.4 is 18.9 Å². The molecule has 0 N–H and O–H groups in total. The highest BCUT2D eigenvalue weighted by Gasteiger charge is 2.10. The Balaban J connectivity index is 1.54. The van der Waals surface area contributed by atoms with Crippen LogP contribution in [-0.2, 0) is 11.4 Å². The molecule has 160 valence electrons. The number of rotatable bonds is 9. The van der Waals surface area contributed by atoms with Gasteiger partial charge in [-0.05, 0) is 53.6 Å². The number of methoxy groups -OCH3 is 1. The van der Waals surface area contributed by atoms with Gasteiger partial charge in [-0.25, -0.2) is 4.79 Å². The first-order valence-corrected chi connectivity index (χ1v) is 9.33. The summed E-state index contributed by atoms with van der Waals surface area (Å²) in [6.45, 7) is -2.52. The summed E-state index contributed by atoms with van der Waals surface area (Å²) in [6, 6.07) is 20.8. The molecule has 0 aliphatic carbocycles. The molecule has 3 aromatic carbocycles. The van der Waals surface area contributed by atoms with Gasteiger partial charge >= 0.3 is 12.6 Å². The third-order valence-electron chi connectivity index (χ3n) is 4.11. The molecule has 0 aliphatic heterocycles. The molecule has 31 heavy (non-hydrogen) atoms. The van der Waals surface area contributed by atoms with Crippen molar-refractivity contribution in [3.8, 4) is 23.0 Å². The van der Waals surface area contributed by atoms with E-state index < -0.39 is 12.6 Å². The second kappa shape index (κ2) is 10.8. The van der Waals surface area contributed by atoms with Gasteiger partial charge in [0.05, 0.1) is 7.11 Å². The van der Waals surface area contributed by atoms with E-state index in [4.69, 9.17) is 14.2 Å². The van der Waals surface area contributed by atoms with Crippen molar-refractivity contribution >= 4 is 12.0 Å². The lowest BCUT2D eigenvalue weighted by Crippen LogP contribution is -2.04. The maximum atomic E-state index is 12.4. The lowest BCUT2D eigenvalue weighted by molar-refractivity contribution is -0.128. The first-order chi connectivity index (χ1) is 15.0. The van der Waals surface area contributed by atoms with Gasteiger partial charge in [0.1, 0.15) is 18.1 Å². The minimum atomic E-state index is -2.96. The van der Waals surface area contributed by atoms with E-state index in [0.717, 1.165) is 5.56 Å². The first kappa shape index (κ1) is 21.8. The number of hydrogen-bond acceptors (Lipinski definition) is 5. The minimum Gasteiger partial charge on any atom is -0.493 e. The first-order valence-electron chi connectivity index (χ1n) is 9.33. The SMILES string of the molecule is COc1cc(C=CC(=O)Oc2ccc(OCc3ccccc3)cc2)ccc1OC(F)F. The molecule has 0 unspecified atom stereocenters. The van der Waals surface area contributed by atoms with Gasteiger partial charge in [-0.2, -0.15) is 8.78 Å². The van der Waals surface area contributed by atoms with E-state index in [0.29, 0.717) is 23.7 Å². The van der Waals surface area contributed by atoms with Crippen LogP contribution in [0.5, 0.6) is 23.0 Å². The molecule has 0 radical (unpaired) electrons. The lowest BCUT2D eigenvalue weighted by Gasteiger charge is -2.10. The summed E-state index contributed by atoms with van der Waals surface area (Å²) in [7, 11) is 1.34. The van der Waals surface area contributed by atoms with Gasteiger partial charge in [0, 0.05) is 6.08 Å². The molecule has 0 spiro atoms. The normalized spacial score (nSPS) is 10.8. The van der Waals surface area contributed by atoms with Crippen molar-refractivity contribution in [1.82, 2.24) is 0 Å². The molecule has 0 saturated heterocycles. The molecule has 0 saturated carbocycles. The molecule has 0 aromatic heterocycles. The molecule has 0 heterocycles. The zero-order valence-electron chi connectivity index (χ0n) is 16.7. The fourth-order valence-electron chi connectivity index (χ4n) is 2.64. The van der Waals surface area contributed by atoms with Crippen LogP contribution in [0.4, 0.5) is 8.78 Å². The average molecular weight is 426 g/mol. The molecule has 0 amide bonds. The van der Waals surface area contributed by atoms with Crippen LogP contribution in [0.3, 0.4) is 0 Å². The van der Waals surface area contributed by atoms with Gasteiger partial charge in [-0.1, -0.05) is 36.4 Å². The minimum absolute atomic E-state index is 0.0909. The molecule has 5 nitrogen and oxygen atoms in total. The van der Waals surface area contributed by atoms with Crippen molar-refractivity contribution in [3.63, 3.8) is 0 Å². The highest BCUT2D eigenvalue weighted by Crippen LogP contribution is 2.30. The van der Waals surface area contributed by atoms with E-state index in [-0.39, 0.29) is 11.5 Å². The Morgan fingerprint density at radius 2 is 1.65 bits per heavy atom. The second-order valence-corrected chi connectivity index (χ2v) is 6.29. The Morgan fingerprint density at radius 3 is 2.32 bits per heavy atom. The fraction of sp³-hybridized carbons (Fsp3) is 0.125. The van der Waals surface area contributed by atoms with Gasteiger partial charge in [0.2, 0.25) is 0 Å². The predicted octanol–water partition coefficient (Wildman–Crippen LogP) is 5.49. The van der Waals surface area contributed by atoms with Crippen LogP contribution >= 0.6 is 0 Å². The van der Waals surface area contributed by atoms with Crippen LogP contribution in [-0.4, -0.2) is 19.7 Å². The zero-order valence-corrected chi connectivity index (χ0v) is 16.7. The highest BCUT2D eigenvalue weighted by atomic mass is 19.3. The Kier molecular flexibility index (Phi) is 7.59. The Morgan fingerprint density at radius 1 is 0.935 bits per heavy atom. The number of benzene rings is 3. The molecular weight excluding hydrogens is 406 g/mol. The summed E-state index contributed by atoms with van der Waals surface area (Å²) < 4.78 is 45.1. The van der Waals surface area contributed by atoms with Crippen LogP contribution in [0.25, 0.3) is 6.08 Å². The summed E-state index contributed by atoms with van der Waals surface area (Å²) in [6.07, 6.45) is 2.70. The maximum absolute atomic E-state index is 12.4. The van der Waals surface area contributed by atoms with E-state index >= 15 is 0 Å². The number of carbonyl (C=O) groups excluding carboxylic acids is 1. The van der Waals surface area contributed by atoms with Gasteiger partial charge in [0.25, 0.3) is 0 Å². The van der Waals surface area contributed by atoms with Gasteiger partial charge < -0.3 is 18.9 Å². The van der Waals surface area contributed by atoms with Crippen molar-refractivity contribution in [2.24, 2.45) is 0 Å². The molecule has 3 rings (SSSR count). The monoisotopic (exact) mass is 426 g/mol. The quantitative estimate of drug-likeness (QED) is 0.257. The molecule has 7 heteroatoms. The molecule has 0 fully saturated rings. The molecular formula is C24H20F2O5. The van der Waals surface area contributed by atoms with Crippen LogP contribution in [0.2, 0.25) is 0 Å². The smallest absolute Gasteiger partial charge is 0.387 e. The predicted molar refractivity (Wildman–Crippen MR) is 112 cm³/mol. The molecule has 0 aliphatic rings. The van der Waals surface area contributed by atoms with Crippen molar-refractivity contribution in [2.45, 2.75) is 13.2 Å². The zero-order chi connectivity index (χ0) is 22.1. The molecule has 0 bridgehead atoms. The summed E-state index contributed by atoms with van der Waals surface area (Å²) in [5.74, 6) is 0.455. The van der Waals surface area contributed by atoms with Gasteiger partial charge in [-0.15, -0.1) is 0 Å². The van der Waals surface area contributed by atoms with Crippen molar-refractivity contribution in [3.05, 3.63) is 90.0 Å². The van der Waals surface area contributed by atoms with E-state index in [2.05, 4.69) is 4.74 Å². The van der Waals surface area contributed by atoms with Crippen molar-refractivity contribution in [2.75, 3.05) is 7.11 Å². The van der Waals surface area contributed by atoms with Crippen molar-refractivity contribution in [1.29, 1.82) is 0 Å². The van der Waals surface area contributed by atoms with E-state index in [9.17, 15) is 13.6 Å². The number of hydrogen-bond donors (Lipinski definition) is 0. The third kappa shape index (κ3) is 6.85. The number of ether oxygens (including phenoxy) is 4. The van der Waals surface area contributed by atoms with Gasteiger partial charge in [-0.3, -0.25) is 0 Å². The average Bonchev–Trinajstić information content (AvgIpc) is 2.78. The second-order valence-electron chi connectivity index (χ2n) is 6.29. The van der Waals surface area contributed by atoms with Crippen LogP contribution in [0, 0.1) is 0 Å². The van der Waals surface area contributed by atoms with Crippen LogP contribution in [0.1, 0.15) is 11.1 Å². The summed E-state index contributed by atoms with van der Waals surface area (Å²) in [4.78, 5) is 12.1. The Bertz CT molecular complexity index is 1020.